The molecule has 2 fully saturated rings. The smallest absolute Gasteiger partial charge is 0.273 e. The molecule has 2 aromatic carbocycles. The van der Waals surface area contributed by atoms with Gasteiger partial charge in [0.15, 0.2) is 0 Å². The van der Waals surface area contributed by atoms with Gasteiger partial charge in [0, 0.05) is 0 Å². The van der Waals surface area contributed by atoms with Gasteiger partial charge in [0.25, 0.3) is 0 Å². The molecule has 0 spiro atoms. The van der Waals surface area contributed by atoms with Crippen molar-refractivity contribution < 1.29 is 14.4 Å². The number of imide groups is 2. The predicted octanol–water partition coefficient (Wildman–Crippen LogP) is 4.37. The van der Waals surface area contributed by atoms with Crippen molar-refractivity contribution >= 4 is 17.8 Å². The van der Waals surface area contributed by atoms with Crippen molar-refractivity contribution in [3.8, 4) is 0 Å². The molecule has 2 aliphatic rings. The number of rotatable bonds is 5. The fraction of sp³-hybridized carbons (Fsp3) is 0.375. The molecule has 1 heterocycles. The molecule has 0 N–H and O–H groups in total. The normalized spacial score (nSPS) is 19.1. The first-order valence-electron chi connectivity index (χ1n) is 10.4. The van der Waals surface area contributed by atoms with Crippen LogP contribution in [0.4, 0.5) is 4.79 Å². The number of hydrogen-bond acceptors (Lipinski definition) is 3. The monoisotopic (exact) mass is 390 g/mol. The first-order valence-corrected chi connectivity index (χ1v) is 10.4. The standard InChI is InChI=1S/C24H26N2O3/c27-22-21(20-14-8-3-9-15-20)23(28)26(17-19-12-6-2-7-13-19)24(29)25(22)16-18-10-4-1-5-11-18/h1-2,4-7,10-13,20-21H,3,8-9,14-17H2. The van der Waals surface area contributed by atoms with E-state index in [4.69, 9.17) is 0 Å². The molecule has 29 heavy (non-hydrogen) atoms. The summed E-state index contributed by atoms with van der Waals surface area (Å²) >= 11 is 0. The Hall–Kier alpha value is -2.95. The van der Waals surface area contributed by atoms with E-state index in [9.17, 15) is 14.4 Å². The number of hydrogen-bond donors (Lipinski definition) is 0. The van der Waals surface area contributed by atoms with Crippen molar-refractivity contribution in [2.45, 2.75) is 45.2 Å². The van der Waals surface area contributed by atoms with E-state index >= 15 is 0 Å². The average Bonchev–Trinajstić information content (AvgIpc) is 2.77. The van der Waals surface area contributed by atoms with Crippen LogP contribution < -0.4 is 0 Å². The van der Waals surface area contributed by atoms with Crippen LogP contribution in [0.1, 0.15) is 43.2 Å². The highest BCUT2D eigenvalue weighted by molar-refractivity contribution is 6.16. The molecule has 0 unspecified atom stereocenters. The molecule has 4 rings (SSSR count). The highest BCUT2D eigenvalue weighted by Crippen LogP contribution is 2.35. The highest BCUT2D eigenvalue weighted by Gasteiger charge is 2.48. The molecule has 0 atom stereocenters. The Morgan fingerprint density at radius 2 is 1.10 bits per heavy atom. The zero-order valence-electron chi connectivity index (χ0n) is 16.5. The molecule has 5 nitrogen and oxygen atoms in total. The van der Waals surface area contributed by atoms with Crippen molar-refractivity contribution in [1.82, 2.24) is 9.80 Å². The van der Waals surface area contributed by atoms with Gasteiger partial charge < -0.3 is 0 Å². The fourth-order valence-electron chi connectivity index (χ4n) is 4.47. The van der Waals surface area contributed by atoms with Crippen molar-refractivity contribution in [3.05, 3.63) is 71.8 Å². The zero-order chi connectivity index (χ0) is 20.2. The van der Waals surface area contributed by atoms with E-state index in [2.05, 4.69) is 0 Å². The van der Waals surface area contributed by atoms with Crippen LogP contribution >= 0.6 is 0 Å². The molecule has 0 bridgehead atoms. The van der Waals surface area contributed by atoms with E-state index in [0.717, 1.165) is 43.2 Å². The maximum absolute atomic E-state index is 13.3. The molecule has 0 radical (unpaired) electrons. The van der Waals surface area contributed by atoms with Crippen molar-refractivity contribution in [1.29, 1.82) is 0 Å². The second-order valence-corrected chi connectivity index (χ2v) is 7.98. The van der Waals surface area contributed by atoms with Crippen molar-refractivity contribution in [3.63, 3.8) is 0 Å². The summed E-state index contributed by atoms with van der Waals surface area (Å²) in [5.41, 5.74) is 1.76. The Morgan fingerprint density at radius 1 is 0.655 bits per heavy atom. The third-order valence-corrected chi connectivity index (χ3v) is 6.01. The van der Waals surface area contributed by atoms with Gasteiger partial charge in [-0.1, -0.05) is 79.9 Å². The minimum Gasteiger partial charge on any atom is -0.273 e. The number of barbiturate groups is 1. The van der Waals surface area contributed by atoms with E-state index in [1.807, 2.05) is 60.7 Å². The second-order valence-electron chi connectivity index (χ2n) is 7.98. The van der Waals surface area contributed by atoms with Gasteiger partial charge in [0.2, 0.25) is 11.8 Å². The minimum absolute atomic E-state index is 0.0217. The van der Waals surface area contributed by atoms with E-state index in [1.165, 1.54) is 9.80 Å². The van der Waals surface area contributed by atoms with E-state index < -0.39 is 11.9 Å². The van der Waals surface area contributed by atoms with Gasteiger partial charge in [-0.3, -0.25) is 19.4 Å². The van der Waals surface area contributed by atoms with Crippen molar-refractivity contribution in [2.75, 3.05) is 0 Å². The topological polar surface area (TPSA) is 57.7 Å². The second kappa shape index (κ2) is 8.60. The van der Waals surface area contributed by atoms with E-state index in [0.29, 0.717) is 0 Å². The Balaban J connectivity index is 1.65. The van der Waals surface area contributed by atoms with Gasteiger partial charge in [-0.2, -0.15) is 0 Å². The number of urea groups is 1. The lowest BCUT2D eigenvalue weighted by atomic mass is 9.78. The van der Waals surface area contributed by atoms with Crippen LogP contribution in [0, 0.1) is 11.8 Å². The van der Waals surface area contributed by atoms with Crippen molar-refractivity contribution in [2.24, 2.45) is 11.8 Å². The number of benzene rings is 2. The lowest BCUT2D eigenvalue weighted by molar-refractivity contribution is -0.153. The number of nitrogens with zero attached hydrogens (tertiary/aromatic N) is 2. The van der Waals surface area contributed by atoms with Crippen LogP contribution in [0.25, 0.3) is 0 Å². The molecule has 2 aromatic rings. The van der Waals surface area contributed by atoms with Gasteiger partial charge in [-0.25, -0.2) is 4.79 Å². The quantitative estimate of drug-likeness (QED) is 0.712. The van der Waals surface area contributed by atoms with Gasteiger partial charge >= 0.3 is 6.03 Å². The summed E-state index contributed by atoms with van der Waals surface area (Å²) in [5, 5.41) is 0. The van der Waals surface area contributed by atoms with Gasteiger partial charge in [0.05, 0.1) is 13.1 Å². The molecule has 5 heteroatoms. The molecule has 4 amide bonds. The first-order chi connectivity index (χ1) is 14.1. The summed E-state index contributed by atoms with van der Waals surface area (Å²) in [6.07, 6.45) is 4.95. The summed E-state index contributed by atoms with van der Waals surface area (Å²) in [6, 6.07) is 18.4. The summed E-state index contributed by atoms with van der Waals surface area (Å²) in [5.74, 6) is -1.39. The SMILES string of the molecule is O=C1C(C2CCCCC2)C(=O)N(Cc2ccccc2)C(=O)N1Cc1ccccc1. The van der Waals surface area contributed by atoms with Crippen LogP contribution in [0.3, 0.4) is 0 Å². The molecule has 1 aliphatic carbocycles. The Labute approximate surface area is 171 Å². The van der Waals surface area contributed by atoms with Crippen LogP contribution in [-0.2, 0) is 22.7 Å². The summed E-state index contributed by atoms with van der Waals surface area (Å²) in [7, 11) is 0. The van der Waals surface area contributed by atoms with Crippen LogP contribution in [-0.4, -0.2) is 27.6 Å². The third-order valence-electron chi connectivity index (χ3n) is 6.01. The molecule has 1 saturated carbocycles. The summed E-state index contributed by atoms with van der Waals surface area (Å²) in [6.45, 7) is 0.389. The molecular formula is C24H26N2O3. The largest absolute Gasteiger partial charge is 0.334 e. The van der Waals surface area contributed by atoms with E-state index in [-0.39, 0.29) is 30.8 Å². The summed E-state index contributed by atoms with van der Waals surface area (Å²) < 4.78 is 0. The molecule has 1 aliphatic heterocycles. The van der Waals surface area contributed by atoms with Crippen LogP contribution in [0.15, 0.2) is 60.7 Å². The number of carbonyl (C=O) groups excluding carboxylic acids is 3. The lowest BCUT2D eigenvalue weighted by Gasteiger charge is -2.40. The molecular weight excluding hydrogens is 364 g/mol. The minimum atomic E-state index is -0.750. The predicted molar refractivity (Wildman–Crippen MR) is 109 cm³/mol. The maximum atomic E-state index is 13.3. The highest BCUT2D eigenvalue weighted by atomic mass is 16.2. The molecule has 1 saturated heterocycles. The first kappa shape index (κ1) is 19.4. The van der Waals surface area contributed by atoms with E-state index in [1.54, 1.807) is 0 Å². The van der Waals surface area contributed by atoms with Gasteiger partial charge in [-0.15, -0.1) is 0 Å². The van der Waals surface area contributed by atoms with Gasteiger partial charge in [-0.05, 0) is 29.9 Å². The maximum Gasteiger partial charge on any atom is 0.334 e. The molecule has 0 aromatic heterocycles. The third kappa shape index (κ3) is 4.09. The Kier molecular flexibility index (Phi) is 5.74. The van der Waals surface area contributed by atoms with Crippen LogP contribution in [0.5, 0.6) is 0 Å². The lowest BCUT2D eigenvalue weighted by Crippen LogP contribution is -2.60. The number of amides is 4. The summed E-state index contributed by atoms with van der Waals surface area (Å²) in [4.78, 5) is 42.4. The Bertz CT molecular complexity index is 812. The Morgan fingerprint density at radius 3 is 1.55 bits per heavy atom. The molecule has 150 valence electrons. The fourth-order valence-corrected chi connectivity index (χ4v) is 4.47. The van der Waals surface area contributed by atoms with Gasteiger partial charge in [0.1, 0.15) is 5.92 Å². The number of carbonyl (C=O) groups is 3. The average molecular weight is 390 g/mol. The zero-order valence-corrected chi connectivity index (χ0v) is 16.5. The van der Waals surface area contributed by atoms with Crippen LogP contribution in [0.2, 0.25) is 0 Å².